The van der Waals surface area contributed by atoms with Gasteiger partial charge in [-0.3, -0.25) is 0 Å². The predicted molar refractivity (Wildman–Crippen MR) is 87.1 cm³/mol. The van der Waals surface area contributed by atoms with Crippen molar-refractivity contribution >= 4 is 31.9 Å². The largest absolute Gasteiger partial charge is 0.496 e. The monoisotopic (exact) mass is 396 g/mol. The van der Waals surface area contributed by atoms with Crippen molar-refractivity contribution in [1.29, 1.82) is 0 Å². The number of rotatable bonds is 3. The summed E-state index contributed by atoms with van der Waals surface area (Å²) < 4.78 is 12.1. The number of hydrogen-bond acceptors (Lipinski definition) is 2. The van der Waals surface area contributed by atoms with Crippen molar-refractivity contribution in [3.05, 3.63) is 57.6 Å². The van der Waals surface area contributed by atoms with E-state index in [-0.39, 0.29) is 4.83 Å². The summed E-state index contributed by atoms with van der Waals surface area (Å²) in [6.45, 7) is 0.784. The lowest BCUT2D eigenvalue weighted by Crippen LogP contribution is -1.98. The van der Waals surface area contributed by atoms with E-state index in [1.54, 1.807) is 7.11 Å². The molecule has 1 aliphatic heterocycles. The highest BCUT2D eigenvalue weighted by Gasteiger charge is 2.19. The molecule has 0 fully saturated rings. The Kier molecular flexibility index (Phi) is 4.03. The SMILES string of the molecule is COc1ccc(Br)cc1C(Br)c1ccc2c(c1)CCO2. The third-order valence-corrected chi connectivity index (χ3v) is 4.99. The van der Waals surface area contributed by atoms with Crippen molar-refractivity contribution in [3.8, 4) is 11.5 Å². The second-order valence-electron chi connectivity index (χ2n) is 4.71. The van der Waals surface area contributed by atoms with E-state index >= 15 is 0 Å². The number of halogens is 2. The van der Waals surface area contributed by atoms with Crippen molar-refractivity contribution in [2.45, 2.75) is 11.2 Å². The summed E-state index contributed by atoms with van der Waals surface area (Å²) >= 11 is 7.31. The summed E-state index contributed by atoms with van der Waals surface area (Å²) in [5.74, 6) is 1.89. The van der Waals surface area contributed by atoms with Gasteiger partial charge in [0.25, 0.3) is 0 Å². The molecule has 0 saturated heterocycles. The van der Waals surface area contributed by atoms with E-state index in [4.69, 9.17) is 9.47 Å². The van der Waals surface area contributed by atoms with Gasteiger partial charge in [0, 0.05) is 16.5 Å². The van der Waals surface area contributed by atoms with Gasteiger partial charge in [-0.1, -0.05) is 44.0 Å². The number of benzene rings is 2. The summed E-state index contributed by atoms with van der Waals surface area (Å²) in [5, 5.41) is 0. The first kappa shape index (κ1) is 14.0. The first-order valence-electron chi connectivity index (χ1n) is 6.42. The van der Waals surface area contributed by atoms with Crippen molar-refractivity contribution < 1.29 is 9.47 Å². The fourth-order valence-corrected chi connectivity index (χ4v) is 3.47. The van der Waals surface area contributed by atoms with Crippen LogP contribution >= 0.6 is 31.9 Å². The van der Waals surface area contributed by atoms with Crippen LogP contribution in [0, 0.1) is 0 Å². The van der Waals surface area contributed by atoms with Gasteiger partial charge in [-0.25, -0.2) is 0 Å². The van der Waals surface area contributed by atoms with E-state index in [1.807, 2.05) is 12.1 Å². The van der Waals surface area contributed by atoms with E-state index in [9.17, 15) is 0 Å². The van der Waals surface area contributed by atoms with Crippen LogP contribution in [0.2, 0.25) is 0 Å². The van der Waals surface area contributed by atoms with Gasteiger partial charge in [-0.05, 0) is 35.4 Å². The number of alkyl halides is 1. The van der Waals surface area contributed by atoms with Gasteiger partial charge in [-0.2, -0.15) is 0 Å². The Morgan fingerprint density at radius 3 is 2.85 bits per heavy atom. The molecule has 2 aromatic carbocycles. The molecular formula is C16H14Br2O2. The van der Waals surface area contributed by atoms with E-state index in [0.29, 0.717) is 0 Å². The first-order valence-corrected chi connectivity index (χ1v) is 8.13. The molecule has 104 valence electrons. The van der Waals surface area contributed by atoms with Gasteiger partial charge >= 0.3 is 0 Å². The fraction of sp³-hybridized carbons (Fsp3) is 0.250. The molecule has 2 aromatic rings. The molecule has 1 aliphatic rings. The quantitative estimate of drug-likeness (QED) is 0.687. The van der Waals surface area contributed by atoms with E-state index in [2.05, 4.69) is 56.1 Å². The van der Waals surface area contributed by atoms with E-state index in [0.717, 1.165) is 34.6 Å². The second-order valence-corrected chi connectivity index (χ2v) is 6.55. The summed E-state index contributed by atoms with van der Waals surface area (Å²) in [7, 11) is 1.70. The summed E-state index contributed by atoms with van der Waals surface area (Å²) in [4.78, 5) is 0.0980. The molecule has 20 heavy (non-hydrogen) atoms. The molecule has 0 saturated carbocycles. The van der Waals surface area contributed by atoms with Crippen LogP contribution in [0.25, 0.3) is 0 Å². The topological polar surface area (TPSA) is 18.5 Å². The maximum Gasteiger partial charge on any atom is 0.123 e. The molecule has 2 nitrogen and oxygen atoms in total. The van der Waals surface area contributed by atoms with Gasteiger partial charge in [0.05, 0.1) is 18.5 Å². The summed E-state index contributed by atoms with van der Waals surface area (Å²) in [5.41, 5.74) is 3.60. The van der Waals surface area contributed by atoms with Crippen LogP contribution < -0.4 is 9.47 Å². The Morgan fingerprint density at radius 1 is 1.20 bits per heavy atom. The third-order valence-electron chi connectivity index (χ3n) is 3.47. The molecule has 0 spiro atoms. The molecule has 1 heterocycles. The number of methoxy groups -OCH3 is 1. The molecule has 0 N–H and O–H groups in total. The Balaban J connectivity index is 2.00. The van der Waals surface area contributed by atoms with Crippen molar-refractivity contribution in [1.82, 2.24) is 0 Å². The van der Waals surface area contributed by atoms with E-state index < -0.39 is 0 Å². The van der Waals surface area contributed by atoms with Crippen LogP contribution in [0.1, 0.15) is 21.5 Å². The molecule has 0 aromatic heterocycles. The van der Waals surface area contributed by atoms with Crippen LogP contribution in [0.15, 0.2) is 40.9 Å². The average molecular weight is 398 g/mol. The lowest BCUT2D eigenvalue weighted by atomic mass is 10.0. The highest BCUT2D eigenvalue weighted by atomic mass is 79.9. The minimum Gasteiger partial charge on any atom is -0.496 e. The van der Waals surface area contributed by atoms with Crippen molar-refractivity contribution in [2.24, 2.45) is 0 Å². The minimum atomic E-state index is 0.0980. The van der Waals surface area contributed by atoms with Gasteiger partial charge in [0.1, 0.15) is 11.5 Å². The Hall–Kier alpha value is -1.00. The third kappa shape index (κ3) is 2.59. The first-order chi connectivity index (χ1) is 9.69. The van der Waals surface area contributed by atoms with Crippen molar-refractivity contribution in [3.63, 3.8) is 0 Å². The van der Waals surface area contributed by atoms with Gasteiger partial charge < -0.3 is 9.47 Å². The summed E-state index contributed by atoms with van der Waals surface area (Å²) in [6, 6.07) is 12.4. The van der Waals surface area contributed by atoms with E-state index in [1.165, 1.54) is 11.1 Å². The number of hydrogen-bond donors (Lipinski definition) is 0. The number of fused-ring (bicyclic) bond motifs is 1. The molecule has 1 atom stereocenters. The standard InChI is InChI=1S/C16H14Br2O2/c1-19-15-5-3-12(17)9-13(15)16(18)11-2-4-14-10(8-11)6-7-20-14/h2-5,8-9,16H,6-7H2,1H3. The van der Waals surface area contributed by atoms with Crippen molar-refractivity contribution in [2.75, 3.05) is 13.7 Å². The maximum atomic E-state index is 5.56. The predicted octanol–water partition coefficient (Wildman–Crippen LogP) is 4.88. The minimum absolute atomic E-state index is 0.0980. The van der Waals surface area contributed by atoms with Crippen LogP contribution in [0.5, 0.6) is 11.5 Å². The molecule has 4 heteroatoms. The summed E-state index contributed by atoms with van der Waals surface area (Å²) in [6.07, 6.45) is 0.985. The molecule has 1 unspecified atom stereocenters. The van der Waals surface area contributed by atoms with Crippen LogP contribution in [0.3, 0.4) is 0 Å². The zero-order chi connectivity index (χ0) is 14.1. The van der Waals surface area contributed by atoms with Gasteiger partial charge in [0.2, 0.25) is 0 Å². The van der Waals surface area contributed by atoms with Crippen LogP contribution in [-0.4, -0.2) is 13.7 Å². The lowest BCUT2D eigenvalue weighted by molar-refractivity contribution is 0.357. The van der Waals surface area contributed by atoms with Crippen LogP contribution in [0.4, 0.5) is 0 Å². The maximum absolute atomic E-state index is 5.56. The zero-order valence-electron chi connectivity index (χ0n) is 11.0. The molecule has 0 amide bonds. The zero-order valence-corrected chi connectivity index (χ0v) is 14.2. The normalized spacial score (nSPS) is 14.6. The second kappa shape index (κ2) is 5.78. The molecule has 0 aliphatic carbocycles. The van der Waals surface area contributed by atoms with Crippen LogP contribution in [-0.2, 0) is 6.42 Å². The highest BCUT2D eigenvalue weighted by molar-refractivity contribution is 9.10. The Labute approximate surface area is 135 Å². The molecule has 0 radical (unpaired) electrons. The smallest absolute Gasteiger partial charge is 0.123 e. The molecular weight excluding hydrogens is 384 g/mol. The lowest BCUT2D eigenvalue weighted by Gasteiger charge is -2.16. The number of ether oxygens (including phenoxy) is 2. The Bertz CT molecular complexity index is 640. The van der Waals surface area contributed by atoms with Gasteiger partial charge in [0.15, 0.2) is 0 Å². The van der Waals surface area contributed by atoms with Gasteiger partial charge in [-0.15, -0.1) is 0 Å². The molecule has 0 bridgehead atoms. The Morgan fingerprint density at radius 2 is 2.05 bits per heavy atom. The highest BCUT2D eigenvalue weighted by Crippen LogP contribution is 2.40. The fourth-order valence-electron chi connectivity index (χ4n) is 2.45. The molecule has 3 rings (SSSR count). The average Bonchev–Trinajstić information content (AvgIpc) is 2.93.